The van der Waals surface area contributed by atoms with E-state index in [4.69, 9.17) is 11.6 Å². The summed E-state index contributed by atoms with van der Waals surface area (Å²) in [5.74, 6) is -0.116. The van der Waals surface area contributed by atoms with Gasteiger partial charge < -0.3 is 10.0 Å². The highest BCUT2D eigenvalue weighted by Gasteiger charge is 2.34. The number of aromatic nitrogens is 2. The maximum absolute atomic E-state index is 12.8. The molecule has 32 heavy (non-hydrogen) atoms. The van der Waals surface area contributed by atoms with Crippen LogP contribution in [0.2, 0.25) is 5.02 Å². The molecular formula is C26H28ClN3O2. The number of nitrogens with zero attached hydrogens (tertiary/aromatic N) is 3. The van der Waals surface area contributed by atoms with E-state index in [-0.39, 0.29) is 11.3 Å². The zero-order valence-electron chi connectivity index (χ0n) is 18.9. The van der Waals surface area contributed by atoms with E-state index in [2.05, 4.69) is 42.9 Å². The Bertz CT molecular complexity index is 1170. The summed E-state index contributed by atoms with van der Waals surface area (Å²) < 4.78 is 0. The van der Waals surface area contributed by atoms with E-state index < -0.39 is 5.60 Å². The van der Waals surface area contributed by atoms with E-state index in [1.165, 1.54) is 0 Å². The van der Waals surface area contributed by atoms with Crippen LogP contribution in [0.5, 0.6) is 0 Å². The van der Waals surface area contributed by atoms with Crippen LogP contribution < -0.4 is 0 Å². The molecule has 1 aliphatic heterocycles. The normalized spacial score (nSPS) is 18.8. The van der Waals surface area contributed by atoms with Crippen LogP contribution in [0, 0.1) is 0 Å². The van der Waals surface area contributed by atoms with Crippen molar-refractivity contribution < 1.29 is 9.90 Å². The van der Waals surface area contributed by atoms with Gasteiger partial charge in [-0.25, -0.2) is 0 Å². The third-order valence-electron chi connectivity index (χ3n) is 5.87. The summed E-state index contributed by atoms with van der Waals surface area (Å²) >= 11 is 6.60. The summed E-state index contributed by atoms with van der Waals surface area (Å²) in [5.41, 5.74) is 4.38. The first-order chi connectivity index (χ1) is 15.0. The molecule has 3 aromatic rings. The molecule has 0 radical (unpaired) electrons. The number of β-amino-alcohol motifs (C(OH)–C–C–N with tert-alkyl or cyclic N) is 1. The predicted molar refractivity (Wildman–Crippen MR) is 128 cm³/mol. The molecular weight excluding hydrogens is 422 g/mol. The van der Waals surface area contributed by atoms with Gasteiger partial charge in [-0.05, 0) is 49.2 Å². The molecule has 0 bridgehead atoms. The first-order valence-electron chi connectivity index (χ1n) is 10.8. The van der Waals surface area contributed by atoms with Gasteiger partial charge in [0.25, 0.3) is 5.91 Å². The van der Waals surface area contributed by atoms with Gasteiger partial charge in [0.1, 0.15) is 0 Å². The van der Waals surface area contributed by atoms with Crippen LogP contribution in [0.4, 0.5) is 0 Å². The average Bonchev–Trinajstić information content (AvgIpc) is 3.12. The Morgan fingerprint density at radius 3 is 2.50 bits per heavy atom. The molecule has 1 N–H and O–H groups in total. The maximum Gasteiger partial charge on any atom is 0.254 e. The quantitative estimate of drug-likeness (QED) is 0.584. The van der Waals surface area contributed by atoms with Gasteiger partial charge in [-0.3, -0.25) is 14.8 Å². The summed E-state index contributed by atoms with van der Waals surface area (Å²) in [6, 6.07) is 11.5. The number of amides is 1. The fourth-order valence-electron chi connectivity index (χ4n) is 3.95. The van der Waals surface area contributed by atoms with E-state index in [9.17, 15) is 9.90 Å². The van der Waals surface area contributed by atoms with Crippen LogP contribution >= 0.6 is 11.6 Å². The van der Waals surface area contributed by atoms with Crippen LogP contribution in [-0.4, -0.2) is 44.6 Å². The number of carbonyl (C=O) groups excluding carboxylic acids is 1. The lowest BCUT2D eigenvalue weighted by molar-refractivity contribution is 0.0572. The number of rotatable bonds is 3. The van der Waals surface area contributed by atoms with Crippen molar-refractivity contribution in [3.8, 4) is 22.3 Å². The van der Waals surface area contributed by atoms with Gasteiger partial charge in [0.2, 0.25) is 0 Å². The lowest BCUT2D eigenvalue weighted by Gasteiger charge is -2.19. The van der Waals surface area contributed by atoms with Crippen molar-refractivity contribution in [1.82, 2.24) is 14.9 Å². The molecule has 1 fully saturated rings. The zero-order valence-corrected chi connectivity index (χ0v) is 19.6. The Balaban J connectivity index is 1.62. The van der Waals surface area contributed by atoms with Crippen molar-refractivity contribution in [3.63, 3.8) is 0 Å². The number of halogens is 1. The van der Waals surface area contributed by atoms with Crippen molar-refractivity contribution in [1.29, 1.82) is 0 Å². The van der Waals surface area contributed by atoms with E-state index in [0.29, 0.717) is 30.1 Å². The first-order valence-corrected chi connectivity index (χ1v) is 11.1. The number of hydrogen-bond acceptors (Lipinski definition) is 4. The number of pyridine rings is 2. The Labute approximate surface area is 194 Å². The molecule has 5 nitrogen and oxygen atoms in total. The monoisotopic (exact) mass is 449 g/mol. The lowest BCUT2D eigenvalue weighted by atomic mass is 9.90. The standard InChI is InChI=1S/C26H28ClN3O2/c1-25(2,3)23-13-17(7-9-29-23)19-11-20(15-28-14-19)21-6-5-18(12-22(21)27)24(31)30-10-8-26(4,32)16-30/h5-7,9,11-15,32H,8,10,16H2,1-4H3. The Morgan fingerprint density at radius 2 is 1.84 bits per heavy atom. The van der Waals surface area contributed by atoms with Gasteiger partial charge in [-0.2, -0.15) is 0 Å². The van der Waals surface area contributed by atoms with Crippen LogP contribution in [-0.2, 0) is 5.41 Å². The molecule has 2 aromatic heterocycles. The number of hydrogen-bond donors (Lipinski definition) is 1. The average molecular weight is 450 g/mol. The minimum atomic E-state index is -0.828. The maximum atomic E-state index is 12.8. The fourth-order valence-corrected chi connectivity index (χ4v) is 4.24. The summed E-state index contributed by atoms with van der Waals surface area (Å²) in [6.07, 6.45) is 6.01. The summed E-state index contributed by atoms with van der Waals surface area (Å²) in [5, 5.41) is 10.7. The highest BCUT2D eigenvalue weighted by molar-refractivity contribution is 6.33. The van der Waals surface area contributed by atoms with Gasteiger partial charge >= 0.3 is 0 Å². The Kier molecular flexibility index (Phi) is 5.82. The SMILES string of the molecule is CC1(O)CCN(C(=O)c2ccc(-c3cncc(-c4ccnc(C(C)(C)C)c4)c3)c(Cl)c2)C1. The van der Waals surface area contributed by atoms with Crippen LogP contribution in [0.25, 0.3) is 22.3 Å². The van der Waals surface area contributed by atoms with Crippen LogP contribution in [0.1, 0.15) is 50.2 Å². The van der Waals surface area contributed by atoms with Gasteiger partial charge in [0.05, 0.1) is 5.60 Å². The van der Waals surface area contributed by atoms with Gasteiger partial charge in [-0.15, -0.1) is 0 Å². The molecule has 1 atom stereocenters. The van der Waals surface area contributed by atoms with Crippen LogP contribution in [0.15, 0.2) is 55.0 Å². The third kappa shape index (κ3) is 4.69. The molecule has 0 saturated carbocycles. The Morgan fingerprint density at radius 1 is 1.09 bits per heavy atom. The second kappa shape index (κ2) is 8.30. The highest BCUT2D eigenvalue weighted by Crippen LogP contribution is 2.33. The predicted octanol–water partition coefficient (Wildman–Crippen LogP) is 5.36. The number of carbonyl (C=O) groups is 1. The molecule has 1 unspecified atom stereocenters. The molecule has 1 aliphatic rings. The first kappa shape index (κ1) is 22.4. The molecule has 0 aliphatic carbocycles. The van der Waals surface area contributed by atoms with E-state index in [1.807, 2.05) is 24.5 Å². The van der Waals surface area contributed by atoms with Crippen LogP contribution in [0.3, 0.4) is 0 Å². The topological polar surface area (TPSA) is 66.3 Å². The van der Waals surface area contributed by atoms with Gasteiger partial charge in [0.15, 0.2) is 0 Å². The summed E-state index contributed by atoms with van der Waals surface area (Å²) in [6.45, 7) is 9.04. The molecule has 0 spiro atoms. The van der Waals surface area contributed by atoms with Crippen molar-refractivity contribution in [2.75, 3.05) is 13.1 Å². The number of benzene rings is 1. The molecule has 6 heteroatoms. The molecule has 166 valence electrons. The second-order valence-electron chi connectivity index (χ2n) is 9.81. The molecule has 3 heterocycles. The van der Waals surface area contributed by atoms with Gasteiger partial charge in [0, 0.05) is 70.1 Å². The molecule has 1 saturated heterocycles. The summed E-state index contributed by atoms with van der Waals surface area (Å²) in [7, 11) is 0. The van der Waals surface area contributed by atoms with Gasteiger partial charge in [-0.1, -0.05) is 38.4 Å². The fraction of sp³-hybridized carbons (Fsp3) is 0.346. The van der Waals surface area contributed by atoms with Crippen molar-refractivity contribution >= 4 is 17.5 Å². The zero-order chi connectivity index (χ0) is 23.1. The van der Waals surface area contributed by atoms with E-state index in [1.54, 1.807) is 30.2 Å². The largest absolute Gasteiger partial charge is 0.388 e. The number of likely N-dealkylation sites (tertiary alicyclic amines) is 1. The summed E-state index contributed by atoms with van der Waals surface area (Å²) in [4.78, 5) is 23.4. The minimum Gasteiger partial charge on any atom is -0.388 e. The Hall–Kier alpha value is -2.76. The van der Waals surface area contributed by atoms with Crippen molar-refractivity contribution in [2.24, 2.45) is 0 Å². The molecule has 1 amide bonds. The number of aliphatic hydroxyl groups is 1. The van der Waals surface area contributed by atoms with Crippen molar-refractivity contribution in [3.05, 3.63) is 71.3 Å². The van der Waals surface area contributed by atoms with E-state index in [0.717, 1.165) is 27.9 Å². The molecule has 4 rings (SSSR count). The smallest absolute Gasteiger partial charge is 0.254 e. The lowest BCUT2D eigenvalue weighted by Crippen LogP contribution is -2.33. The van der Waals surface area contributed by atoms with Crippen molar-refractivity contribution in [2.45, 2.75) is 45.1 Å². The second-order valence-corrected chi connectivity index (χ2v) is 10.2. The highest BCUT2D eigenvalue weighted by atomic mass is 35.5. The minimum absolute atomic E-state index is 0.0461. The molecule has 1 aromatic carbocycles. The van der Waals surface area contributed by atoms with E-state index >= 15 is 0 Å². The third-order valence-corrected chi connectivity index (χ3v) is 6.18.